The van der Waals surface area contributed by atoms with Gasteiger partial charge in [0.2, 0.25) is 0 Å². The first-order valence-electron chi connectivity index (χ1n) is 9.41. The Hall–Kier alpha value is -2.35. The lowest BCUT2D eigenvalue weighted by molar-refractivity contribution is -0.142. The van der Waals surface area contributed by atoms with E-state index in [0.717, 1.165) is 44.6 Å². The van der Waals surface area contributed by atoms with Crippen LogP contribution < -0.4 is 0 Å². The largest absolute Gasteiger partial charge is 0.422 e. The Morgan fingerprint density at radius 1 is 1.07 bits per heavy atom. The SMILES string of the molecule is C=CCCC1CCC(C#Cc2cccc3c(F)c(C(F)(F)F)c(F)cc23)CC1. The van der Waals surface area contributed by atoms with Crippen LogP contribution in [0.4, 0.5) is 22.0 Å². The van der Waals surface area contributed by atoms with Crippen LogP contribution in [-0.4, -0.2) is 0 Å². The molecular weight excluding hydrogens is 371 g/mol. The van der Waals surface area contributed by atoms with E-state index >= 15 is 0 Å². The molecule has 0 saturated heterocycles. The molecule has 3 rings (SSSR count). The molecule has 0 aromatic heterocycles. The number of alkyl halides is 3. The van der Waals surface area contributed by atoms with Crippen molar-refractivity contribution < 1.29 is 22.0 Å². The maximum Gasteiger partial charge on any atom is 0.422 e. The van der Waals surface area contributed by atoms with Gasteiger partial charge in [-0.1, -0.05) is 30.0 Å². The highest BCUT2D eigenvalue weighted by molar-refractivity contribution is 5.89. The number of hydrogen-bond acceptors (Lipinski definition) is 0. The third-order valence-corrected chi connectivity index (χ3v) is 5.39. The van der Waals surface area contributed by atoms with E-state index in [1.807, 2.05) is 6.08 Å². The molecule has 1 saturated carbocycles. The summed E-state index contributed by atoms with van der Waals surface area (Å²) in [4.78, 5) is 0. The van der Waals surface area contributed by atoms with Crippen LogP contribution >= 0.6 is 0 Å². The second kappa shape index (κ2) is 8.34. The van der Waals surface area contributed by atoms with E-state index < -0.39 is 23.4 Å². The van der Waals surface area contributed by atoms with Crippen molar-refractivity contribution in [1.82, 2.24) is 0 Å². The molecule has 0 N–H and O–H groups in total. The molecule has 1 aliphatic rings. The van der Waals surface area contributed by atoms with E-state index in [4.69, 9.17) is 0 Å². The molecule has 1 aliphatic carbocycles. The third kappa shape index (κ3) is 4.38. The average Bonchev–Trinajstić information content (AvgIpc) is 2.64. The Labute approximate surface area is 161 Å². The van der Waals surface area contributed by atoms with Crippen LogP contribution in [0.15, 0.2) is 36.9 Å². The smallest absolute Gasteiger partial charge is 0.206 e. The lowest BCUT2D eigenvalue weighted by Crippen LogP contribution is -2.13. The summed E-state index contributed by atoms with van der Waals surface area (Å²) in [6.45, 7) is 3.74. The number of hydrogen-bond donors (Lipinski definition) is 0. The predicted molar refractivity (Wildman–Crippen MR) is 101 cm³/mol. The zero-order chi connectivity index (χ0) is 20.3. The normalized spacial score (nSPS) is 19.9. The van der Waals surface area contributed by atoms with Crippen LogP contribution in [-0.2, 0) is 6.18 Å². The van der Waals surface area contributed by atoms with Gasteiger partial charge in [-0.2, -0.15) is 13.2 Å². The van der Waals surface area contributed by atoms with E-state index in [1.165, 1.54) is 12.1 Å². The summed E-state index contributed by atoms with van der Waals surface area (Å²) < 4.78 is 67.1. The summed E-state index contributed by atoms with van der Waals surface area (Å²) in [6.07, 6.45) is 3.06. The minimum absolute atomic E-state index is 0.0673. The van der Waals surface area contributed by atoms with Gasteiger partial charge in [-0.15, -0.1) is 6.58 Å². The molecule has 1 fully saturated rings. The highest BCUT2D eigenvalue weighted by Crippen LogP contribution is 2.37. The number of rotatable bonds is 3. The van der Waals surface area contributed by atoms with Gasteiger partial charge in [0.15, 0.2) is 0 Å². The van der Waals surface area contributed by atoms with E-state index in [-0.39, 0.29) is 16.7 Å². The molecule has 0 heterocycles. The van der Waals surface area contributed by atoms with E-state index in [9.17, 15) is 22.0 Å². The Morgan fingerprint density at radius 3 is 2.43 bits per heavy atom. The minimum Gasteiger partial charge on any atom is -0.206 e. The van der Waals surface area contributed by atoms with Gasteiger partial charge >= 0.3 is 6.18 Å². The van der Waals surface area contributed by atoms with Gasteiger partial charge in [0.05, 0.1) is 0 Å². The van der Waals surface area contributed by atoms with Gasteiger partial charge < -0.3 is 0 Å². The molecule has 0 aliphatic heterocycles. The maximum absolute atomic E-state index is 14.3. The Kier molecular flexibility index (Phi) is 6.07. The van der Waals surface area contributed by atoms with Crippen molar-refractivity contribution in [2.24, 2.45) is 11.8 Å². The molecule has 0 unspecified atom stereocenters. The maximum atomic E-state index is 14.3. The van der Waals surface area contributed by atoms with Crippen LogP contribution in [0.1, 0.15) is 49.7 Å². The number of allylic oxidation sites excluding steroid dienone is 1. The fourth-order valence-corrected chi connectivity index (χ4v) is 3.85. The van der Waals surface area contributed by atoms with Crippen LogP contribution in [0.2, 0.25) is 0 Å². The third-order valence-electron chi connectivity index (χ3n) is 5.39. The molecule has 0 spiro atoms. The highest BCUT2D eigenvalue weighted by Gasteiger charge is 2.38. The second-order valence-corrected chi connectivity index (χ2v) is 7.30. The molecule has 0 bridgehead atoms. The van der Waals surface area contributed by atoms with Crippen molar-refractivity contribution in [3.05, 3.63) is 59.7 Å². The van der Waals surface area contributed by atoms with Crippen LogP contribution in [0.5, 0.6) is 0 Å². The standard InChI is InChI=1S/C23H21F5/c1-2-3-5-15-8-10-16(11-9-15)12-13-17-6-4-7-18-19(17)14-20(24)21(22(18)25)23(26,27)28/h2,4,6-7,14-16H,1,3,5,8-11H2. The van der Waals surface area contributed by atoms with E-state index in [0.29, 0.717) is 11.5 Å². The Morgan fingerprint density at radius 2 is 1.79 bits per heavy atom. The van der Waals surface area contributed by atoms with Crippen LogP contribution in [0, 0.1) is 35.3 Å². The van der Waals surface area contributed by atoms with Crippen molar-refractivity contribution in [1.29, 1.82) is 0 Å². The van der Waals surface area contributed by atoms with Crippen molar-refractivity contribution in [3.63, 3.8) is 0 Å². The lowest BCUT2D eigenvalue weighted by Gasteiger charge is -2.25. The summed E-state index contributed by atoms with van der Waals surface area (Å²) in [5.41, 5.74) is -1.51. The van der Waals surface area contributed by atoms with Crippen LogP contribution in [0.3, 0.4) is 0 Å². The quantitative estimate of drug-likeness (QED) is 0.293. The summed E-state index contributed by atoms with van der Waals surface area (Å²) in [6, 6.07) is 4.98. The average molecular weight is 392 g/mol. The molecule has 148 valence electrons. The van der Waals surface area contributed by atoms with Crippen molar-refractivity contribution in [2.45, 2.75) is 44.7 Å². The van der Waals surface area contributed by atoms with Crippen LogP contribution in [0.25, 0.3) is 10.8 Å². The molecule has 28 heavy (non-hydrogen) atoms. The van der Waals surface area contributed by atoms with Crippen molar-refractivity contribution >= 4 is 10.8 Å². The Balaban J connectivity index is 1.86. The Bertz CT molecular complexity index is 922. The summed E-state index contributed by atoms with van der Waals surface area (Å²) >= 11 is 0. The fraction of sp³-hybridized carbons (Fsp3) is 0.391. The predicted octanol–water partition coefficient (Wildman–Crippen LogP) is 7.26. The van der Waals surface area contributed by atoms with Gasteiger partial charge in [0.1, 0.15) is 17.2 Å². The fourth-order valence-electron chi connectivity index (χ4n) is 3.85. The van der Waals surface area contributed by atoms with Gasteiger partial charge in [-0.3, -0.25) is 0 Å². The van der Waals surface area contributed by atoms with Gasteiger partial charge in [-0.25, -0.2) is 8.78 Å². The monoisotopic (exact) mass is 392 g/mol. The number of fused-ring (bicyclic) bond motifs is 1. The van der Waals surface area contributed by atoms with Crippen molar-refractivity contribution in [2.75, 3.05) is 0 Å². The molecule has 2 aromatic rings. The summed E-state index contributed by atoms with van der Waals surface area (Å²) in [7, 11) is 0. The van der Waals surface area contributed by atoms with Gasteiger partial charge in [-0.05, 0) is 56.6 Å². The lowest BCUT2D eigenvalue weighted by atomic mass is 9.80. The molecule has 0 nitrogen and oxygen atoms in total. The molecular formula is C23H21F5. The molecule has 2 aromatic carbocycles. The molecule has 0 amide bonds. The van der Waals surface area contributed by atoms with Gasteiger partial charge in [0, 0.05) is 22.3 Å². The topological polar surface area (TPSA) is 0 Å². The second-order valence-electron chi connectivity index (χ2n) is 7.30. The van der Waals surface area contributed by atoms with E-state index in [1.54, 1.807) is 6.07 Å². The highest BCUT2D eigenvalue weighted by atomic mass is 19.4. The first-order valence-corrected chi connectivity index (χ1v) is 9.41. The zero-order valence-electron chi connectivity index (χ0n) is 15.4. The summed E-state index contributed by atoms with van der Waals surface area (Å²) in [5, 5.41) is -0.202. The molecule has 5 heteroatoms. The first kappa shape index (κ1) is 20.4. The molecule has 0 radical (unpaired) electrons. The summed E-state index contributed by atoms with van der Waals surface area (Å²) in [5.74, 6) is 3.77. The van der Waals surface area contributed by atoms with Gasteiger partial charge in [0.25, 0.3) is 0 Å². The minimum atomic E-state index is -5.09. The number of benzene rings is 2. The molecule has 0 atom stereocenters. The first-order chi connectivity index (χ1) is 13.3. The number of halogens is 5. The van der Waals surface area contributed by atoms with Crippen molar-refractivity contribution in [3.8, 4) is 11.8 Å². The van der Waals surface area contributed by atoms with E-state index in [2.05, 4.69) is 18.4 Å². The zero-order valence-corrected chi connectivity index (χ0v) is 15.4.